The molecule has 3 heterocycles. The number of benzene rings is 1. The van der Waals surface area contributed by atoms with Crippen LogP contribution in [0.3, 0.4) is 0 Å². The molecule has 1 fully saturated rings. The molecule has 0 radical (unpaired) electrons. The molecule has 4 rings (SSSR count). The van der Waals surface area contributed by atoms with Crippen LogP contribution in [-0.2, 0) is 6.18 Å². The van der Waals surface area contributed by atoms with Crippen LogP contribution in [0.15, 0.2) is 42.7 Å². The second-order valence-electron chi connectivity index (χ2n) is 7.02. The standard InChI is InChI=1S/C20H21F3N6O/c21-20(22,23)14-2-1-3-15(12-14)25-18-16-13-24-5-4-17(16)26-19(27-18)29-8-6-28(7-9-29)10-11-30/h1-5,12-13,30H,6-11H2,(H,25,26,27). The number of pyridine rings is 1. The van der Waals surface area contributed by atoms with Gasteiger partial charge in [0.25, 0.3) is 0 Å². The maximum absolute atomic E-state index is 13.1. The molecule has 1 aliphatic heterocycles. The van der Waals surface area contributed by atoms with Crippen LogP contribution in [-0.4, -0.2) is 64.3 Å². The van der Waals surface area contributed by atoms with Crippen LogP contribution in [0, 0.1) is 0 Å². The molecular weight excluding hydrogens is 397 g/mol. The zero-order valence-electron chi connectivity index (χ0n) is 16.1. The molecule has 158 valence electrons. The molecule has 0 spiro atoms. The molecule has 0 saturated carbocycles. The number of anilines is 3. The number of aliphatic hydroxyl groups excluding tert-OH is 1. The minimum atomic E-state index is -4.42. The van der Waals surface area contributed by atoms with E-state index >= 15 is 0 Å². The zero-order chi connectivity index (χ0) is 21.1. The first-order valence-electron chi connectivity index (χ1n) is 9.58. The molecule has 2 N–H and O–H groups in total. The van der Waals surface area contributed by atoms with Gasteiger partial charge in [0.05, 0.1) is 23.1 Å². The van der Waals surface area contributed by atoms with E-state index in [-0.39, 0.29) is 12.3 Å². The van der Waals surface area contributed by atoms with Crippen molar-refractivity contribution in [2.75, 3.05) is 49.5 Å². The molecule has 10 heteroatoms. The lowest BCUT2D eigenvalue weighted by atomic mass is 10.2. The predicted octanol–water partition coefficient (Wildman–Crippen LogP) is 2.90. The number of hydrogen-bond donors (Lipinski definition) is 2. The topological polar surface area (TPSA) is 77.4 Å². The van der Waals surface area contributed by atoms with Crippen molar-refractivity contribution in [1.29, 1.82) is 0 Å². The van der Waals surface area contributed by atoms with E-state index in [1.165, 1.54) is 6.07 Å². The van der Waals surface area contributed by atoms with Crippen LogP contribution >= 0.6 is 0 Å². The number of rotatable bonds is 5. The van der Waals surface area contributed by atoms with Gasteiger partial charge in [0.15, 0.2) is 0 Å². The number of fused-ring (bicyclic) bond motifs is 1. The van der Waals surface area contributed by atoms with Gasteiger partial charge < -0.3 is 15.3 Å². The van der Waals surface area contributed by atoms with E-state index in [2.05, 4.69) is 25.2 Å². The van der Waals surface area contributed by atoms with E-state index in [4.69, 9.17) is 5.11 Å². The van der Waals surface area contributed by atoms with Crippen LogP contribution in [0.5, 0.6) is 0 Å². The first-order valence-corrected chi connectivity index (χ1v) is 9.58. The average molecular weight is 418 g/mol. The van der Waals surface area contributed by atoms with Crippen molar-refractivity contribution < 1.29 is 18.3 Å². The summed E-state index contributed by atoms with van der Waals surface area (Å²) in [4.78, 5) is 17.5. The number of hydrogen-bond acceptors (Lipinski definition) is 7. The summed E-state index contributed by atoms with van der Waals surface area (Å²) in [7, 11) is 0. The highest BCUT2D eigenvalue weighted by Gasteiger charge is 2.30. The minimum Gasteiger partial charge on any atom is -0.395 e. The van der Waals surface area contributed by atoms with Gasteiger partial charge >= 0.3 is 6.18 Å². The monoisotopic (exact) mass is 418 g/mol. The molecule has 30 heavy (non-hydrogen) atoms. The summed E-state index contributed by atoms with van der Waals surface area (Å²) in [6, 6.07) is 6.75. The molecule has 0 atom stereocenters. The fraction of sp³-hybridized carbons (Fsp3) is 0.350. The average Bonchev–Trinajstić information content (AvgIpc) is 2.74. The fourth-order valence-electron chi connectivity index (χ4n) is 3.42. The minimum absolute atomic E-state index is 0.116. The normalized spacial score (nSPS) is 15.5. The van der Waals surface area contributed by atoms with Gasteiger partial charge in [-0.2, -0.15) is 18.2 Å². The molecule has 3 aromatic rings. The lowest BCUT2D eigenvalue weighted by Gasteiger charge is -2.34. The van der Waals surface area contributed by atoms with Gasteiger partial charge in [0, 0.05) is 50.8 Å². The molecule has 2 aromatic heterocycles. The molecule has 0 unspecified atom stereocenters. The number of alkyl halides is 3. The van der Waals surface area contributed by atoms with E-state index in [9.17, 15) is 13.2 Å². The summed E-state index contributed by atoms with van der Waals surface area (Å²) in [6.07, 6.45) is -1.22. The molecular formula is C20H21F3N6O. The number of halogens is 3. The quantitative estimate of drug-likeness (QED) is 0.660. The second-order valence-corrected chi connectivity index (χ2v) is 7.02. The lowest BCUT2D eigenvalue weighted by molar-refractivity contribution is -0.137. The van der Waals surface area contributed by atoms with E-state index in [1.54, 1.807) is 24.5 Å². The first kappa shape index (κ1) is 20.3. The van der Waals surface area contributed by atoms with Crippen molar-refractivity contribution >= 4 is 28.4 Å². The number of β-amino-alcohol motifs (C(OH)–C–C–N with tert-alkyl or cyclic N) is 1. The Balaban J connectivity index is 1.65. The van der Waals surface area contributed by atoms with Crippen molar-refractivity contribution in [1.82, 2.24) is 19.9 Å². The Hall–Kier alpha value is -2.98. The summed E-state index contributed by atoms with van der Waals surface area (Å²) in [5, 5.41) is 12.7. The Morgan fingerprint density at radius 2 is 1.87 bits per heavy atom. The zero-order valence-corrected chi connectivity index (χ0v) is 16.1. The van der Waals surface area contributed by atoms with Crippen LogP contribution < -0.4 is 10.2 Å². The number of nitrogens with zero attached hydrogens (tertiary/aromatic N) is 5. The van der Waals surface area contributed by atoms with Gasteiger partial charge in [0.1, 0.15) is 5.82 Å². The third-order valence-corrected chi connectivity index (χ3v) is 5.01. The predicted molar refractivity (Wildman–Crippen MR) is 108 cm³/mol. The van der Waals surface area contributed by atoms with Crippen LogP contribution in [0.4, 0.5) is 30.6 Å². The van der Waals surface area contributed by atoms with E-state index in [0.29, 0.717) is 42.3 Å². The number of nitrogens with one attached hydrogen (secondary N) is 1. The molecule has 7 nitrogen and oxygen atoms in total. The van der Waals surface area contributed by atoms with Crippen molar-refractivity contribution in [3.63, 3.8) is 0 Å². The highest BCUT2D eigenvalue weighted by atomic mass is 19.4. The van der Waals surface area contributed by atoms with Crippen LogP contribution in [0.2, 0.25) is 0 Å². The van der Waals surface area contributed by atoms with Gasteiger partial charge in [-0.25, -0.2) is 4.98 Å². The largest absolute Gasteiger partial charge is 0.416 e. The van der Waals surface area contributed by atoms with Crippen molar-refractivity contribution in [3.05, 3.63) is 48.3 Å². The maximum Gasteiger partial charge on any atom is 0.416 e. The SMILES string of the molecule is OCCN1CCN(c2nc(Nc3cccc(C(F)(F)F)c3)c3cnccc3n2)CC1. The van der Waals surface area contributed by atoms with E-state index in [1.807, 2.05) is 4.90 Å². The smallest absolute Gasteiger partial charge is 0.395 e. The van der Waals surface area contributed by atoms with Crippen LogP contribution in [0.25, 0.3) is 10.9 Å². The number of aromatic nitrogens is 3. The fourth-order valence-corrected chi connectivity index (χ4v) is 3.42. The van der Waals surface area contributed by atoms with Crippen molar-refractivity contribution in [2.24, 2.45) is 0 Å². The van der Waals surface area contributed by atoms with Gasteiger partial charge in [-0.05, 0) is 24.3 Å². The molecule has 0 bridgehead atoms. The first-order chi connectivity index (χ1) is 14.4. The van der Waals surface area contributed by atoms with Gasteiger partial charge in [-0.3, -0.25) is 9.88 Å². The third-order valence-electron chi connectivity index (χ3n) is 5.01. The maximum atomic E-state index is 13.1. The lowest BCUT2D eigenvalue weighted by Crippen LogP contribution is -2.47. The summed E-state index contributed by atoms with van der Waals surface area (Å²) in [6.45, 7) is 3.67. The Labute approximate surface area is 171 Å². The molecule has 1 aliphatic rings. The van der Waals surface area contributed by atoms with E-state index < -0.39 is 11.7 Å². The summed E-state index contributed by atoms with van der Waals surface area (Å²) >= 11 is 0. The highest BCUT2D eigenvalue weighted by Crippen LogP contribution is 2.32. The Kier molecular flexibility index (Phi) is 5.69. The van der Waals surface area contributed by atoms with E-state index in [0.717, 1.165) is 25.2 Å². The third kappa shape index (κ3) is 4.44. The second kappa shape index (κ2) is 8.41. The Morgan fingerprint density at radius 3 is 2.60 bits per heavy atom. The summed E-state index contributed by atoms with van der Waals surface area (Å²) in [5.74, 6) is 0.909. The summed E-state index contributed by atoms with van der Waals surface area (Å²) in [5.41, 5.74) is 0.207. The van der Waals surface area contributed by atoms with Crippen molar-refractivity contribution in [3.8, 4) is 0 Å². The molecule has 0 amide bonds. The van der Waals surface area contributed by atoms with Crippen molar-refractivity contribution in [2.45, 2.75) is 6.18 Å². The Bertz CT molecular complexity index is 1020. The highest BCUT2D eigenvalue weighted by molar-refractivity contribution is 5.91. The number of aliphatic hydroxyl groups is 1. The molecule has 0 aliphatic carbocycles. The Morgan fingerprint density at radius 1 is 1.07 bits per heavy atom. The van der Waals surface area contributed by atoms with Gasteiger partial charge in [-0.1, -0.05) is 6.07 Å². The molecule has 1 aromatic carbocycles. The number of piperazine rings is 1. The van der Waals surface area contributed by atoms with Crippen LogP contribution in [0.1, 0.15) is 5.56 Å². The summed E-state index contributed by atoms with van der Waals surface area (Å²) < 4.78 is 39.2. The van der Waals surface area contributed by atoms with Gasteiger partial charge in [0.2, 0.25) is 5.95 Å². The molecule has 1 saturated heterocycles. The van der Waals surface area contributed by atoms with Gasteiger partial charge in [-0.15, -0.1) is 0 Å².